The van der Waals surface area contributed by atoms with E-state index in [4.69, 9.17) is 9.47 Å². The van der Waals surface area contributed by atoms with Crippen LogP contribution in [0.5, 0.6) is 10.1 Å². The van der Waals surface area contributed by atoms with Gasteiger partial charge in [-0.05, 0) is 188 Å². The van der Waals surface area contributed by atoms with Gasteiger partial charge in [-0.1, -0.05) is 154 Å². The Bertz CT molecular complexity index is 4960. The van der Waals surface area contributed by atoms with Crippen LogP contribution in [0.2, 0.25) is 13.3 Å². The van der Waals surface area contributed by atoms with Crippen molar-refractivity contribution in [3.63, 3.8) is 0 Å². The first kappa shape index (κ1) is 92.7. The van der Waals surface area contributed by atoms with Crippen molar-refractivity contribution in [1.29, 1.82) is 0 Å². The zero-order valence-corrected chi connectivity index (χ0v) is 86.1. The molecule has 13 rings (SSSR count). The van der Waals surface area contributed by atoms with Gasteiger partial charge in [0, 0.05) is 58.5 Å². The fraction of sp³-hybridized carbons (Fsp3) is 0.481. The van der Waals surface area contributed by atoms with Crippen LogP contribution in [-0.4, -0.2) is 32.6 Å². The number of rotatable bonds is 54. The van der Waals surface area contributed by atoms with Crippen molar-refractivity contribution >= 4 is 157 Å². The molecule has 13 aromatic rings. The summed E-state index contributed by atoms with van der Waals surface area (Å²) in [6, 6.07) is 52.4. The van der Waals surface area contributed by atoms with Gasteiger partial charge in [0.05, 0.1) is 24.0 Å². The Morgan fingerprint density at radius 3 is 0.664 bits per heavy atom. The first-order valence-electron chi connectivity index (χ1n) is 46.1. The second-order valence-electron chi connectivity index (χ2n) is 33.3. The third-order valence-electron chi connectivity index (χ3n) is 24.1. The molecule has 0 saturated carbocycles. The average Bonchev–Trinajstić information content (AvgIpc) is 1.62. The predicted molar refractivity (Wildman–Crippen MR) is 551 cm³/mol. The fourth-order valence-corrected chi connectivity index (χ4v) is 50.4. The number of benzene rings is 1. The zero-order chi connectivity index (χ0) is 82.9. The summed E-state index contributed by atoms with van der Waals surface area (Å²) in [6.45, 7) is 21.3. The number of thiophene rings is 12. The molecule has 636 valence electrons. The van der Waals surface area contributed by atoms with Crippen molar-refractivity contribution in [2.45, 2.75) is 307 Å². The van der Waals surface area contributed by atoms with Gasteiger partial charge in [-0.25, -0.2) is 0 Å². The van der Waals surface area contributed by atoms with E-state index in [1.165, 1.54) is 354 Å². The van der Waals surface area contributed by atoms with Gasteiger partial charge in [0.2, 0.25) is 0 Å². The largest absolute Gasteiger partial charge is 0.134 e. The molecule has 2 nitrogen and oxygen atoms in total. The second-order valence-corrected chi connectivity index (χ2v) is 60.2. The number of aryl methyl sites for hydroxylation is 6. The monoisotopic (exact) mass is 1920 g/mol. The molecule has 0 amide bonds. The van der Waals surface area contributed by atoms with E-state index < -0.39 is 18.4 Å². The van der Waals surface area contributed by atoms with Gasteiger partial charge in [0.1, 0.15) is 0 Å². The summed E-state index contributed by atoms with van der Waals surface area (Å²) in [6.07, 6.45) is 45.2. The maximum Gasteiger partial charge on any atom is -0.0264 e. The van der Waals surface area contributed by atoms with Gasteiger partial charge in [-0.2, -0.15) is 0 Å². The zero-order valence-electron chi connectivity index (χ0n) is 73.4. The number of hydrogen-bond donors (Lipinski definition) is 0. The molecule has 0 unspecified atom stereocenters. The van der Waals surface area contributed by atoms with Crippen LogP contribution < -0.4 is 12.4 Å². The van der Waals surface area contributed by atoms with Crippen LogP contribution in [0.15, 0.2) is 127 Å². The van der Waals surface area contributed by atoms with Crippen molar-refractivity contribution < 1.29 is 9.47 Å². The molecule has 0 fully saturated rings. The topological polar surface area (TPSA) is 18.5 Å². The molecule has 0 spiro atoms. The molecule has 12 aromatic heterocycles. The van der Waals surface area contributed by atoms with Crippen molar-refractivity contribution in [2.75, 3.05) is 14.2 Å². The van der Waals surface area contributed by atoms with E-state index in [9.17, 15) is 0 Å². The minimum Gasteiger partial charge on any atom is -0.134 e. The summed E-state index contributed by atoms with van der Waals surface area (Å²) in [5.41, 5.74) is 13.1. The van der Waals surface area contributed by atoms with Crippen LogP contribution >= 0.6 is 136 Å². The first-order valence-corrected chi connectivity index (χ1v) is 63.4. The van der Waals surface area contributed by atoms with E-state index in [1.54, 1.807) is 10.4 Å². The molecule has 119 heavy (non-hydrogen) atoms. The van der Waals surface area contributed by atoms with Crippen LogP contribution in [0.25, 0.3) is 119 Å². The number of ether oxygens (including phenoxy) is 2. The smallest absolute Gasteiger partial charge is 0.0264 e. The van der Waals surface area contributed by atoms with E-state index in [1.807, 2.05) is 119 Å². The first-order chi connectivity index (χ1) is 58.4. The minimum absolute atomic E-state index is 1.02. The summed E-state index contributed by atoms with van der Waals surface area (Å²) >= 11 is 21.4. The Labute approximate surface area is 769 Å². The molecular formula is C104H132O2S12Sn. The average molecular weight is 1920 g/mol. The molecule has 12 heterocycles. The summed E-state index contributed by atoms with van der Waals surface area (Å²) < 4.78 is 18.3. The van der Waals surface area contributed by atoms with Crippen LogP contribution in [0.4, 0.5) is 0 Å². The maximum absolute atomic E-state index is 5.89. The number of hydrogen-bond acceptors (Lipinski definition) is 14. The predicted octanol–water partition coefficient (Wildman–Crippen LogP) is 39.2. The Morgan fingerprint density at radius 2 is 0.420 bits per heavy atom. The number of unbranched alkanes of at least 4 members (excludes halogenated alkanes) is 21. The van der Waals surface area contributed by atoms with Crippen molar-refractivity contribution in [3.8, 4) is 129 Å². The molecule has 0 aliphatic heterocycles. The summed E-state index contributed by atoms with van der Waals surface area (Å²) in [5, 5.41) is 2.03. The van der Waals surface area contributed by atoms with Gasteiger partial charge in [0.15, 0.2) is 10.1 Å². The number of methoxy groups -OCH3 is 2. The molecule has 0 N–H and O–H groups in total. The fourth-order valence-electron chi connectivity index (χ4n) is 17.1. The van der Waals surface area contributed by atoms with Crippen LogP contribution in [0.3, 0.4) is 0 Å². The van der Waals surface area contributed by atoms with E-state index in [2.05, 4.69) is 224 Å². The van der Waals surface area contributed by atoms with Crippen LogP contribution in [-0.2, 0) is 38.5 Å². The van der Waals surface area contributed by atoms with Gasteiger partial charge in [-0.3, -0.25) is 0 Å². The van der Waals surface area contributed by atoms with Crippen LogP contribution in [0.1, 0.15) is 288 Å². The molecule has 0 bridgehead atoms. The van der Waals surface area contributed by atoms with E-state index in [0.717, 1.165) is 42.2 Å². The maximum atomic E-state index is 5.89. The van der Waals surface area contributed by atoms with E-state index >= 15 is 0 Å². The summed E-state index contributed by atoms with van der Waals surface area (Å²) in [5.74, 6) is 0. The Morgan fingerprint density at radius 1 is 0.202 bits per heavy atom. The normalized spacial score (nSPS) is 12.0. The van der Waals surface area contributed by atoms with E-state index in [-0.39, 0.29) is 0 Å². The second kappa shape index (κ2) is 47.5. The third kappa shape index (κ3) is 24.2. The molecular weight excluding hydrogens is 1780 g/mol. The molecule has 1 aromatic carbocycles. The van der Waals surface area contributed by atoms with Crippen LogP contribution in [0, 0.1) is 0 Å². The Balaban J connectivity index is 0.899. The molecule has 15 heteroatoms. The summed E-state index contributed by atoms with van der Waals surface area (Å²) in [7, 11) is 3.65. The van der Waals surface area contributed by atoms with Crippen molar-refractivity contribution in [3.05, 3.63) is 161 Å². The molecule has 0 aliphatic rings. The van der Waals surface area contributed by atoms with E-state index in [0.29, 0.717) is 0 Å². The standard InChI is InChI=1S/C92H105O2S12.3C4H9.Sn/c1-9-15-21-27-33-61-51-52-95-87(61)76-45-39-70(96-76)71-40-46-77(97-71)88-62(34-28-22-16-10-2)56-82(102-88)67-53-68(83-57-63(35-29-23-17-11-3)89(103-83)78-47-41-72(98-78)74-43-49-80(100-74)91-65(37-31-25-19-13-5)59-85(93-7)105-91)55-69(54-67)84-58-64(36-30-24-18-12-4)90(104-84)79-48-42-73(99-79)75-44-50-81(101-75)92-66(38-32-26-20-14-6)60-86(94-8)106-92;3*1-3-4-2;/h39-51,53-60H,9-38H2,1-8H3;3*1,3-4H2,2H3;. The molecule has 0 saturated heterocycles. The van der Waals surface area contributed by atoms with Gasteiger partial charge < -0.3 is 9.47 Å². The van der Waals surface area contributed by atoms with Gasteiger partial charge >= 0.3 is 266 Å². The third-order valence-corrected chi connectivity index (χ3v) is 57.6. The minimum atomic E-state index is -2.67. The Kier molecular flexibility index (Phi) is 37.0. The van der Waals surface area contributed by atoms with Gasteiger partial charge in [-0.15, -0.1) is 68.0 Å². The molecule has 0 radical (unpaired) electrons. The quantitative estimate of drug-likeness (QED) is 0.0279. The molecule has 0 aliphatic carbocycles. The summed E-state index contributed by atoms with van der Waals surface area (Å²) in [4.78, 5) is 29.6. The van der Waals surface area contributed by atoms with Gasteiger partial charge in [0.25, 0.3) is 0 Å². The van der Waals surface area contributed by atoms with Crippen molar-refractivity contribution in [2.24, 2.45) is 0 Å². The Hall–Kier alpha value is -3.98. The SMILES string of the molecule is CCCCCCc1cc(OC)sc1-c1ccc(-c2ccc(-c3sc(-c4cc(-c5cc(CCCCCC)c(-c6ccc(-c7ccc(-c8sc(OC)cc8CCCCCC)s7)s6)s5)cc(-c5cc(CCCCCC)c(-c6ccc(-c7ccc(-c8s[c]([Sn]([CH2]CCC)([CH2]CCC)[CH2]CCC)cc8CCCCCC)s7)s6)s5)c4)cc3CCCCCC)s2)s1. The molecule has 0 atom stereocenters. The van der Waals surface area contributed by atoms with Crippen molar-refractivity contribution in [1.82, 2.24) is 0 Å².